The summed E-state index contributed by atoms with van der Waals surface area (Å²) in [5.74, 6) is -1.56. The number of rotatable bonds is 4. The molecule has 9 nitrogen and oxygen atoms in total. The minimum atomic E-state index is -4.85. The van der Waals surface area contributed by atoms with Crippen molar-refractivity contribution in [3.05, 3.63) is 81.1 Å². The van der Waals surface area contributed by atoms with Crippen molar-refractivity contribution in [1.82, 2.24) is 14.6 Å². The van der Waals surface area contributed by atoms with Crippen LogP contribution in [0.3, 0.4) is 0 Å². The smallest absolute Gasteiger partial charge is 0.433 e. The third-order valence-corrected chi connectivity index (χ3v) is 4.83. The molecule has 2 aromatic carbocycles. The Balaban J connectivity index is 1.82. The quantitative estimate of drug-likeness (QED) is 0.317. The third-order valence-electron chi connectivity index (χ3n) is 4.48. The van der Waals surface area contributed by atoms with Gasteiger partial charge in [-0.15, -0.1) is 0 Å². The number of halogens is 4. The number of non-ortho nitro benzene ring substituents is 1. The average Bonchev–Trinajstić information content (AvgIpc) is 3.09. The first-order valence-corrected chi connectivity index (χ1v) is 9.44. The molecule has 4 rings (SSSR count). The lowest BCUT2D eigenvalue weighted by Crippen LogP contribution is -2.16. The fourth-order valence-corrected chi connectivity index (χ4v) is 3.30. The Morgan fingerprint density at radius 1 is 1.15 bits per heavy atom. The Bertz CT molecular complexity index is 1410. The molecule has 0 aliphatic rings. The van der Waals surface area contributed by atoms with Crippen LogP contribution < -0.4 is 5.32 Å². The lowest BCUT2D eigenvalue weighted by Gasteiger charge is -2.11. The number of phenolic OH excluding ortho intramolecular Hbond substituents is 1. The van der Waals surface area contributed by atoms with Crippen molar-refractivity contribution < 1.29 is 28.0 Å². The fraction of sp³-hybridized carbons (Fsp3) is 0.0500. The zero-order chi connectivity index (χ0) is 23.9. The van der Waals surface area contributed by atoms with Gasteiger partial charge in [0.05, 0.1) is 22.4 Å². The van der Waals surface area contributed by atoms with Crippen LogP contribution in [0, 0.1) is 10.1 Å². The van der Waals surface area contributed by atoms with Gasteiger partial charge in [-0.2, -0.15) is 18.3 Å². The van der Waals surface area contributed by atoms with Crippen LogP contribution in [-0.4, -0.2) is 30.5 Å². The Labute approximate surface area is 187 Å². The Morgan fingerprint density at radius 3 is 2.48 bits per heavy atom. The third kappa shape index (κ3) is 4.28. The Morgan fingerprint density at radius 2 is 1.85 bits per heavy atom. The number of phenols is 1. The summed E-state index contributed by atoms with van der Waals surface area (Å²) < 4.78 is 41.6. The summed E-state index contributed by atoms with van der Waals surface area (Å²) in [6, 6.07) is 11.7. The van der Waals surface area contributed by atoms with Crippen LogP contribution in [0.1, 0.15) is 16.2 Å². The van der Waals surface area contributed by atoms with Crippen LogP contribution in [0.5, 0.6) is 5.75 Å². The molecular weight excluding hydrogens is 467 g/mol. The van der Waals surface area contributed by atoms with Gasteiger partial charge < -0.3 is 10.4 Å². The first-order chi connectivity index (χ1) is 15.5. The molecule has 0 aliphatic carbocycles. The number of aromatic hydroxyl groups is 1. The predicted octanol–water partition coefficient (Wildman–Crippen LogP) is 4.93. The van der Waals surface area contributed by atoms with Crippen molar-refractivity contribution >= 4 is 34.5 Å². The molecule has 0 aliphatic heterocycles. The summed E-state index contributed by atoms with van der Waals surface area (Å²) in [5, 5.41) is 26.0. The minimum absolute atomic E-state index is 0.0345. The van der Waals surface area contributed by atoms with Crippen LogP contribution in [0.15, 0.2) is 54.6 Å². The van der Waals surface area contributed by atoms with Gasteiger partial charge in [-0.1, -0.05) is 41.9 Å². The van der Waals surface area contributed by atoms with E-state index >= 15 is 0 Å². The average molecular weight is 478 g/mol. The first-order valence-electron chi connectivity index (χ1n) is 9.06. The van der Waals surface area contributed by atoms with Crippen molar-refractivity contribution in [1.29, 1.82) is 0 Å². The number of hydrogen-bond acceptors (Lipinski definition) is 6. The molecule has 168 valence electrons. The molecule has 2 heterocycles. The second-order valence-corrected chi connectivity index (χ2v) is 7.12. The number of nitrogens with one attached hydrogen (secondary N) is 1. The van der Waals surface area contributed by atoms with Gasteiger partial charge in [0.25, 0.3) is 11.6 Å². The molecule has 0 atom stereocenters. The highest BCUT2D eigenvalue weighted by atomic mass is 35.5. The molecule has 0 bridgehead atoms. The number of nitro benzene ring substituents is 1. The molecule has 0 fully saturated rings. The maximum atomic E-state index is 13.7. The topological polar surface area (TPSA) is 123 Å². The van der Waals surface area contributed by atoms with E-state index in [0.29, 0.717) is 10.1 Å². The molecule has 0 unspecified atom stereocenters. The van der Waals surface area contributed by atoms with E-state index in [4.69, 9.17) is 11.6 Å². The fourth-order valence-electron chi connectivity index (χ4n) is 3.06. The lowest BCUT2D eigenvalue weighted by atomic mass is 10.1. The maximum Gasteiger partial charge on any atom is 0.433 e. The number of carbonyl (C=O) groups is 1. The van der Waals surface area contributed by atoms with Crippen molar-refractivity contribution in [2.45, 2.75) is 6.18 Å². The molecule has 1 amide bonds. The highest BCUT2D eigenvalue weighted by Crippen LogP contribution is 2.35. The number of fused-ring (bicyclic) bond motifs is 1. The van der Waals surface area contributed by atoms with Crippen molar-refractivity contribution in [3.63, 3.8) is 0 Å². The highest BCUT2D eigenvalue weighted by Gasteiger charge is 2.36. The van der Waals surface area contributed by atoms with E-state index in [2.05, 4.69) is 15.4 Å². The van der Waals surface area contributed by atoms with E-state index in [0.717, 1.165) is 24.3 Å². The monoisotopic (exact) mass is 477 g/mol. The van der Waals surface area contributed by atoms with Crippen molar-refractivity contribution in [3.8, 4) is 17.0 Å². The number of alkyl halides is 3. The molecule has 4 aromatic rings. The summed E-state index contributed by atoms with van der Waals surface area (Å²) in [5.41, 5.74) is -2.55. The normalized spacial score (nSPS) is 11.5. The van der Waals surface area contributed by atoms with Crippen LogP contribution >= 0.6 is 11.6 Å². The summed E-state index contributed by atoms with van der Waals surface area (Å²) in [4.78, 5) is 27.0. The van der Waals surface area contributed by atoms with E-state index in [1.165, 1.54) is 0 Å². The van der Waals surface area contributed by atoms with Gasteiger partial charge in [0.1, 0.15) is 10.8 Å². The zero-order valence-electron chi connectivity index (χ0n) is 16.2. The summed E-state index contributed by atoms with van der Waals surface area (Å²) in [6.07, 6.45) is -4.85. The van der Waals surface area contributed by atoms with Gasteiger partial charge in [-0.3, -0.25) is 14.9 Å². The molecule has 2 aromatic heterocycles. The van der Waals surface area contributed by atoms with Gasteiger partial charge in [-0.25, -0.2) is 9.50 Å². The molecule has 13 heteroatoms. The van der Waals surface area contributed by atoms with Gasteiger partial charge in [-0.05, 0) is 6.07 Å². The summed E-state index contributed by atoms with van der Waals surface area (Å²) >= 11 is 6.18. The highest BCUT2D eigenvalue weighted by molar-refractivity contribution is 6.37. The standard InChI is InChI=1S/C20H11ClF3N5O4/c21-16-17(19(31)25-11-6-12(29(32)33)8-13(30)7-11)27-28-15(20(22,23)24)9-14(26-18(16)28)10-4-2-1-3-5-10/h1-9,30H,(H,25,31). The number of anilines is 1. The molecule has 0 radical (unpaired) electrons. The number of hydrogen-bond donors (Lipinski definition) is 2. The van der Waals surface area contributed by atoms with Crippen molar-refractivity contribution in [2.24, 2.45) is 0 Å². The second-order valence-electron chi connectivity index (χ2n) is 6.74. The van der Waals surface area contributed by atoms with E-state index in [1.807, 2.05) is 0 Å². The number of nitro groups is 1. The van der Waals surface area contributed by atoms with Crippen LogP contribution in [0.4, 0.5) is 24.5 Å². The van der Waals surface area contributed by atoms with E-state index in [-0.39, 0.29) is 11.4 Å². The van der Waals surface area contributed by atoms with E-state index in [9.17, 15) is 33.2 Å². The SMILES string of the molecule is O=C(Nc1cc(O)cc([N+](=O)[O-])c1)c1nn2c(C(F)(F)F)cc(-c3ccccc3)nc2c1Cl. The van der Waals surface area contributed by atoms with Gasteiger partial charge in [0.15, 0.2) is 17.0 Å². The molecular formula is C20H11ClF3N5O4. The Hall–Kier alpha value is -4.19. The first kappa shape index (κ1) is 22.0. The van der Waals surface area contributed by atoms with Crippen molar-refractivity contribution in [2.75, 3.05) is 5.32 Å². The lowest BCUT2D eigenvalue weighted by molar-refractivity contribution is -0.384. The number of amides is 1. The second kappa shape index (κ2) is 8.06. The Kier molecular flexibility index (Phi) is 5.38. The van der Waals surface area contributed by atoms with Crippen LogP contribution in [0.2, 0.25) is 5.02 Å². The predicted molar refractivity (Wildman–Crippen MR) is 111 cm³/mol. The van der Waals surface area contributed by atoms with Crippen LogP contribution in [-0.2, 0) is 6.18 Å². The number of aromatic nitrogens is 3. The van der Waals surface area contributed by atoms with E-state index in [1.54, 1.807) is 30.3 Å². The number of carbonyl (C=O) groups excluding carboxylic acids is 1. The molecule has 33 heavy (non-hydrogen) atoms. The molecule has 2 N–H and O–H groups in total. The van der Waals surface area contributed by atoms with Gasteiger partial charge in [0, 0.05) is 17.7 Å². The molecule has 0 spiro atoms. The molecule has 0 saturated heterocycles. The number of benzene rings is 2. The van der Waals surface area contributed by atoms with Crippen LogP contribution in [0.25, 0.3) is 16.9 Å². The number of nitrogens with zero attached hydrogens (tertiary/aromatic N) is 4. The zero-order valence-corrected chi connectivity index (χ0v) is 16.9. The molecule has 0 saturated carbocycles. The van der Waals surface area contributed by atoms with Gasteiger partial charge in [0.2, 0.25) is 0 Å². The minimum Gasteiger partial charge on any atom is -0.508 e. The van der Waals surface area contributed by atoms with Gasteiger partial charge >= 0.3 is 6.18 Å². The largest absolute Gasteiger partial charge is 0.508 e. The maximum absolute atomic E-state index is 13.7. The van der Waals surface area contributed by atoms with E-state index < -0.39 is 50.5 Å². The summed E-state index contributed by atoms with van der Waals surface area (Å²) in [6.45, 7) is 0. The summed E-state index contributed by atoms with van der Waals surface area (Å²) in [7, 11) is 0.